The van der Waals surface area contributed by atoms with Crippen LogP contribution in [0.4, 0.5) is 0 Å². The topological polar surface area (TPSA) is 128 Å². The van der Waals surface area contributed by atoms with E-state index in [1.165, 1.54) is 12.1 Å². The largest absolute Gasteiger partial charge is 0.506 e. The second-order valence-corrected chi connectivity index (χ2v) is 5.41. The van der Waals surface area contributed by atoms with E-state index in [-0.39, 0.29) is 38.7 Å². The lowest BCUT2D eigenvalue weighted by molar-refractivity contribution is 0.0693. The maximum Gasteiger partial charge on any atom is 0.338 e. The number of aromatic carboxylic acids is 1. The number of carbonyl (C=O) groups is 3. The number of nitrogens with one attached hydrogen (secondary N) is 1. The van der Waals surface area contributed by atoms with Gasteiger partial charge >= 0.3 is 5.97 Å². The Balaban J connectivity index is 2.15. The highest BCUT2D eigenvalue weighted by atomic mass is 16.4. The predicted octanol–water partition coefficient (Wildman–Crippen LogP) is 2.05. The van der Waals surface area contributed by atoms with E-state index < -0.39 is 29.0 Å². The van der Waals surface area contributed by atoms with Crippen molar-refractivity contribution < 1.29 is 29.7 Å². The Labute approximate surface area is 133 Å². The number of hydrogen-bond donors (Lipinski definition) is 4. The normalized spacial score (nSPS) is 13.0. The van der Waals surface area contributed by atoms with E-state index in [1.807, 2.05) is 0 Å². The molecule has 118 valence electrons. The number of hydrogen-bond acceptors (Lipinski definition) is 5. The van der Waals surface area contributed by atoms with Crippen molar-refractivity contribution in [3.8, 4) is 11.5 Å². The van der Waals surface area contributed by atoms with Gasteiger partial charge in [0, 0.05) is 17.0 Å². The highest BCUT2D eigenvalue weighted by Gasteiger charge is 2.39. The van der Waals surface area contributed by atoms with Crippen LogP contribution in [0.3, 0.4) is 0 Å². The van der Waals surface area contributed by atoms with E-state index in [0.717, 1.165) is 6.20 Å². The van der Waals surface area contributed by atoms with Crippen LogP contribution in [0, 0.1) is 0 Å². The van der Waals surface area contributed by atoms with Crippen LogP contribution in [0.15, 0.2) is 30.5 Å². The fourth-order valence-electron chi connectivity index (χ4n) is 3.10. The Morgan fingerprint density at radius 3 is 1.96 bits per heavy atom. The quantitative estimate of drug-likeness (QED) is 0.397. The number of phenols is 2. The summed E-state index contributed by atoms with van der Waals surface area (Å²) in [6.45, 7) is 0. The number of benzene rings is 2. The predicted molar refractivity (Wildman–Crippen MR) is 81.9 cm³/mol. The zero-order chi connectivity index (χ0) is 17.2. The first-order valence-electron chi connectivity index (χ1n) is 6.94. The minimum Gasteiger partial charge on any atom is -0.506 e. The van der Waals surface area contributed by atoms with Crippen molar-refractivity contribution in [2.45, 2.75) is 0 Å². The fraction of sp³-hybridized carbons (Fsp3) is 0. The third-order valence-corrected chi connectivity index (χ3v) is 4.18. The molecule has 2 aromatic carbocycles. The number of fused-ring (bicyclic) bond motifs is 3. The Kier molecular flexibility index (Phi) is 2.60. The number of aromatic nitrogens is 1. The third-order valence-electron chi connectivity index (χ3n) is 4.18. The SMILES string of the molecule is O=C(O)c1c[nH]c2c1C(=O)c1c(c(O)c3ccccc3c1O)C2=O. The number of aromatic hydroxyl groups is 2. The highest BCUT2D eigenvalue weighted by Crippen LogP contribution is 2.44. The fourth-order valence-corrected chi connectivity index (χ4v) is 3.10. The summed E-state index contributed by atoms with van der Waals surface area (Å²) in [4.78, 5) is 39.2. The zero-order valence-electron chi connectivity index (χ0n) is 12.0. The standard InChI is InChI=1S/C17H9NO6/c19-13-6-3-1-2-4-7(6)14(20)11-10(13)15(21)9-8(17(23)24)5-18-12(9)16(11)22/h1-5,18-20H,(H,23,24). The number of ketones is 2. The first kappa shape index (κ1) is 14.0. The number of carboxylic acid groups (broad SMARTS) is 1. The van der Waals surface area contributed by atoms with Crippen molar-refractivity contribution in [1.82, 2.24) is 4.98 Å². The molecule has 1 heterocycles. The lowest BCUT2D eigenvalue weighted by atomic mass is 9.83. The number of carboxylic acids is 1. The molecule has 0 bridgehead atoms. The van der Waals surface area contributed by atoms with Crippen LogP contribution in [-0.2, 0) is 0 Å². The van der Waals surface area contributed by atoms with Crippen LogP contribution in [-0.4, -0.2) is 37.8 Å². The lowest BCUT2D eigenvalue weighted by Crippen LogP contribution is -2.22. The van der Waals surface area contributed by atoms with Gasteiger partial charge in [-0.15, -0.1) is 0 Å². The molecule has 0 saturated heterocycles. The van der Waals surface area contributed by atoms with Gasteiger partial charge in [-0.1, -0.05) is 24.3 Å². The summed E-state index contributed by atoms with van der Waals surface area (Å²) in [6, 6.07) is 6.22. The molecule has 4 rings (SSSR count). The summed E-state index contributed by atoms with van der Waals surface area (Å²) in [6.07, 6.45) is 1.04. The molecule has 0 atom stereocenters. The first-order chi connectivity index (χ1) is 11.4. The monoisotopic (exact) mass is 323 g/mol. The van der Waals surface area contributed by atoms with E-state index in [4.69, 9.17) is 0 Å². The molecular weight excluding hydrogens is 314 g/mol. The summed E-state index contributed by atoms with van der Waals surface area (Å²) in [7, 11) is 0. The van der Waals surface area contributed by atoms with E-state index in [2.05, 4.69) is 4.98 Å². The number of phenolic OH excluding ortho intramolecular Hbond substituents is 2. The van der Waals surface area contributed by atoms with E-state index >= 15 is 0 Å². The lowest BCUT2D eigenvalue weighted by Gasteiger charge is -2.19. The Morgan fingerprint density at radius 1 is 0.875 bits per heavy atom. The second-order valence-electron chi connectivity index (χ2n) is 5.41. The molecule has 1 aromatic heterocycles. The molecule has 0 spiro atoms. The van der Waals surface area contributed by atoms with Crippen molar-refractivity contribution in [1.29, 1.82) is 0 Å². The van der Waals surface area contributed by atoms with E-state index in [0.29, 0.717) is 0 Å². The second kappa shape index (κ2) is 4.45. The van der Waals surface area contributed by atoms with Crippen molar-refractivity contribution in [3.63, 3.8) is 0 Å². The van der Waals surface area contributed by atoms with E-state index in [9.17, 15) is 29.7 Å². The van der Waals surface area contributed by atoms with Crippen molar-refractivity contribution >= 4 is 28.3 Å². The summed E-state index contributed by atoms with van der Waals surface area (Å²) in [5, 5.41) is 30.5. The Morgan fingerprint density at radius 2 is 1.42 bits per heavy atom. The van der Waals surface area contributed by atoms with E-state index in [1.54, 1.807) is 12.1 Å². The summed E-state index contributed by atoms with van der Waals surface area (Å²) >= 11 is 0. The average Bonchev–Trinajstić information content (AvgIpc) is 3.02. The molecule has 7 nitrogen and oxygen atoms in total. The van der Waals surface area contributed by atoms with Gasteiger partial charge < -0.3 is 20.3 Å². The molecule has 0 fully saturated rings. The molecule has 24 heavy (non-hydrogen) atoms. The average molecular weight is 323 g/mol. The minimum absolute atomic E-state index is 0.200. The minimum atomic E-state index is -1.37. The van der Waals surface area contributed by atoms with Crippen molar-refractivity contribution in [2.75, 3.05) is 0 Å². The van der Waals surface area contributed by atoms with Crippen LogP contribution in [0.1, 0.15) is 42.3 Å². The molecule has 3 aromatic rings. The third kappa shape index (κ3) is 1.52. The van der Waals surface area contributed by atoms with Crippen LogP contribution >= 0.6 is 0 Å². The molecule has 1 aliphatic rings. The number of H-pyrrole nitrogens is 1. The molecule has 7 heteroatoms. The molecule has 1 aliphatic carbocycles. The molecule has 4 N–H and O–H groups in total. The van der Waals surface area contributed by atoms with Gasteiger partial charge in [-0.3, -0.25) is 9.59 Å². The van der Waals surface area contributed by atoms with Gasteiger partial charge in [0.1, 0.15) is 11.5 Å². The van der Waals surface area contributed by atoms with Crippen LogP contribution in [0.25, 0.3) is 10.8 Å². The Bertz CT molecular complexity index is 1090. The van der Waals surface area contributed by atoms with Crippen molar-refractivity contribution in [3.05, 3.63) is 58.4 Å². The van der Waals surface area contributed by atoms with Crippen LogP contribution in [0.5, 0.6) is 11.5 Å². The van der Waals surface area contributed by atoms with Gasteiger partial charge in [0.25, 0.3) is 0 Å². The summed E-state index contributed by atoms with van der Waals surface area (Å²) in [5.41, 5.74) is -1.60. The number of aromatic amines is 1. The summed E-state index contributed by atoms with van der Waals surface area (Å²) < 4.78 is 0. The molecule has 0 aliphatic heterocycles. The van der Waals surface area contributed by atoms with Gasteiger partial charge in [-0.2, -0.15) is 0 Å². The highest BCUT2D eigenvalue weighted by molar-refractivity contribution is 6.33. The van der Waals surface area contributed by atoms with Gasteiger partial charge in [-0.05, 0) is 0 Å². The number of rotatable bonds is 1. The maximum atomic E-state index is 12.7. The maximum absolute atomic E-state index is 12.7. The smallest absolute Gasteiger partial charge is 0.338 e. The zero-order valence-corrected chi connectivity index (χ0v) is 12.0. The van der Waals surface area contributed by atoms with Gasteiger partial charge in [0.05, 0.1) is 27.9 Å². The molecule has 0 radical (unpaired) electrons. The van der Waals surface area contributed by atoms with Gasteiger partial charge in [0.2, 0.25) is 11.6 Å². The molecule has 0 saturated carbocycles. The van der Waals surface area contributed by atoms with Gasteiger partial charge in [0.15, 0.2) is 0 Å². The van der Waals surface area contributed by atoms with Crippen molar-refractivity contribution in [2.24, 2.45) is 0 Å². The molecule has 0 amide bonds. The summed E-state index contributed by atoms with van der Waals surface area (Å²) in [5.74, 6) is -3.82. The molecule has 0 unspecified atom stereocenters. The van der Waals surface area contributed by atoms with Crippen LogP contribution < -0.4 is 0 Å². The van der Waals surface area contributed by atoms with Gasteiger partial charge in [-0.25, -0.2) is 4.79 Å². The Hall–Kier alpha value is -3.61. The first-order valence-corrected chi connectivity index (χ1v) is 6.94. The molecular formula is C17H9NO6. The number of carbonyl (C=O) groups excluding carboxylic acids is 2. The van der Waals surface area contributed by atoms with Crippen LogP contribution in [0.2, 0.25) is 0 Å².